The zero-order valence-electron chi connectivity index (χ0n) is 14.4. The number of carbonyl (C=O) groups is 1. The summed E-state index contributed by atoms with van der Waals surface area (Å²) in [5.74, 6) is 0.953. The summed E-state index contributed by atoms with van der Waals surface area (Å²) in [4.78, 5) is 19.5. The minimum Gasteiger partial charge on any atom is -0.496 e. The van der Waals surface area contributed by atoms with Crippen molar-refractivity contribution in [3.63, 3.8) is 0 Å². The van der Waals surface area contributed by atoms with Gasteiger partial charge >= 0.3 is 0 Å². The molecule has 2 aromatic rings. The van der Waals surface area contributed by atoms with Crippen LogP contribution >= 0.6 is 22.9 Å². The molecule has 2 heterocycles. The maximum Gasteiger partial charge on any atom is 0.261 e. The van der Waals surface area contributed by atoms with Gasteiger partial charge in [-0.15, -0.1) is 11.3 Å². The van der Waals surface area contributed by atoms with Crippen LogP contribution in [0.4, 0.5) is 5.13 Å². The summed E-state index contributed by atoms with van der Waals surface area (Å²) in [6.07, 6.45) is 2.54. The number of methoxy groups -OCH3 is 1. The summed E-state index contributed by atoms with van der Waals surface area (Å²) < 4.78 is 5.23. The van der Waals surface area contributed by atoms with Crippen molar-refractivity contribution in [3.05, 3.63) is 39.9 Å². The van der Waals surface area contributed by atoms with Crippen LogP contribution in [-0.2, 0) is 6.54 Å². The molecular weight excluding hydrogens is 358 g/mol. The van der Waals surface area contributed by atoms with Gasteiger partial charge in [0.05, 0.1) is 18.4 Å². The van der Waals surface area contributed by atoms with Gasteiger partial charge in [0.2, 0.25) is 0 Å². The first-order valence-corrected chi connectivity index (χ1v) is 9.62. The largest absolute Gasteiger partial charge is 0.496 e. The number of nitrogens with zero attached hydrogens (tertiary/aromatic N) is 2. The van der Waals surface area contributed by atoms with Crippen molar-refractivity contribution in [2.45, 2.75) is 26.3 Å². The lowest BCUT2D eigenvalue weighted by Crippen LogP contribution is -2.33. The van der Waals surface area contributed by atoms with Gasteiger partial charge in [0.1, 0.15) is 5.75 Å². The minimum atomic E-state index is -0.271. The van der Waals surface area contributed by atoms with E-state index >= 15 is 0 Å². The number of halogens is 1. The van der Waals surface area contributed by atoms with Crippen molar-refractivity contribution >= 4 is 34.0 Å². The molecule has 1 aromatic carbocycles. The molecular formula is C18H22ClN3O2S. The summed E-state index contributed by atoms with van der Waals surface area (Å²) >= 11 is 7.43. The number of piperidine rings is 1. The number of ether oxygens (including phenoxy) is 1. The first kappa shape index (κ1) is 18.2. The third kappa shape index (κ3) is 4.71. The summed E-state index contributed by atoms with van der Waals surface area (Å²) in [7, 11) is 1.53. The highest BCUT2D eigenvalue weighted by molar-refractivity contribution is 7.14. The molecule has 1 N–H and O–H groups in total. The maximum absolute atomic E-state index is 12.5. The lowest BCUT2D eigenvalue weighted by molar-refractivity contribution is 0.102. The topological polar surface area (TPSA) is 54.5 Å². The van der Waals surface area contributed by atoms with Crippen LogP contribution in [0.2, 0.25) is 5.02 Å². The fraction of sp³-hybridized carbons (Fsp3) is 0.444. The van der Waals surface area contributed by atoms with Crippen molar-refractivity contribution in [3.8, 4) is 5.75 Å². The number of carbonyl (C=O) groups excluding carboxylic acids is 1. The Morgan fingerprint density at radius 2 is 2.36 bits per heavy atom. The highest BCUT2D eigenvalue weighted by atomic mass is 35.5. The van der Waals surface area contributed by atoms with E-state index in [-0.39, 0.29) is 5.91 Å². The molecule has 0 saturated carbocycles. The molecule has 1 aromatic heterocycles. The number of aromatic nitrogens is 1. The molecule has 1 amide bonds. The first-order chi connectivity index (χ1) is 12.0. The SMILES string of the molecule is COc1ccc(Cl)cc1C(=O)Nc1nc(CN2CCCC(C)C2)cs1. The van der Waals surface area contributed by atoms with Gasteiger partial charge in [0.25, 0.3) is 5.91 Å². The van der Waals surface area contributed by atoms with Crippen LogP contribution in [0.3, 0.4) is 0 Å². The second-order valence-corrected chi connectivity index (χ2v) is 7.72. The van der Waals surface area contributed by atoms with Crippen LogP contribution < -0.4 is 10.1 Å². The first-order valence-electron chi connectivity index (χ1n) is 8.37. The minimum absolute atomic E-state index is 0.271. The number of likely N-dealkylation sites (tertiary alicyclic amines) is 1. The van der Waals surface area contributed by atoms with Crippen LogP contribution in [0.5, 0.6) is 5.75 Å². The molecule has 1 fully saturated rings. The van der Waals surface area contributed by atoms with Crippen LogP contribution in [-0.4, -0.2) is 36.0 Å². The Morgan fingerprint density at radius 1 is 1.52 bits per heavy atom. The molecule has 3 rings (SSSR count). The number of anilines is 1. The third-order valence-electron chi connectivity index (χ3n) is 4.31. The molecule has 1 unspecified atom stereocenters. The normalized spacial score (nSPS) is 18.1. The Bertz CT molecular complexity index is 750. The molecule has 0 bridgehead atoms. The number of nitrogens with one attached hydrogen (secondary N) is 1. The molecule has 7 heteroatoms. The van der Waals surface area contributed by atoms with Gasteiger partial charge in [-0.1, -0.05) is 18.5 Å². The van der Waals surface area contributed by atoms with Crippen LogP contribution in [0, 0.1) is 5.92 Å². The van der Waals surface area contributed by atoms with Gasteiger partial charge in [0, 0.05) is 23.5 Å². The third-order valence-corrected chi connectivity index (χ3v) is 5.35. The molecule has 5 nitrogen and oxygen atoms in total. The van der Waals surface area contributed by atoms with Crippen molar-refractivity contribution in [2.24, 2.45) is 5.92 Å². The van der Waals surface area contributed by atoms with E-state index < -0.39 is 0 Å². The lowest BCUT2D eigenvalue weighted by Gasteiger charge is -2.30. The lowest BCUT2D eigenvalue weighted by atomic mass is 10.0. The van der Waals surface area contributed by atoms with Crippen LogP contribution in [0.15, 0.2) is 23.6 Å². The number of rotatable bonds is 5. The van der Waals surface area contributed by atoms with Gasteiger partial charge in [-0.3, -0.25) is 15.0 Å². The summed E-state index contributed by atoms with van der Waals surface area (Å²) in [6.45, 7) is 5.34. The molecule has 1 atom stereocenters. The highest BCUT2D eigenvalue weighted by Crippen LogP contribution is 2.25. The van der Waals surface area contributed by atoms with Gasteiger partial charge in [0.15, 0.2) is 5.13 Å². The summed E-state index contributed by atoms with van der Waals surface area (Å²) in [5.41, 5.74) is 1.39. The van der Waals surface area contributed by atoms with Gasteiger partial charge in [-0.25, -0.2) is 4.98 Å². The molecule has 1 saturated heterocycles. The monoisotopic (exact) mass is 379 g/mol. The Kier molecular flexibility index (Phi) is 5.93. The maximum atomic E-state index is 12.5. The van der Waals surface area contributed by atoms with Crippen LogP contribution in [0.1, 0.15) is 35.8 Å². The van der Waals surface area contributed by atoms with Crippen molar-refractivity contribution in [1.82, 2.24) is 9.88 Å². The van der Waals surface area contributed by atoms with E-state index in [1.807, 2.05) is 5.38 Å². The van der Waals surface area contributed by atoms with E-state index in [0.717, 1.165) is 31.2 Å². The number of amides is 1. The second-order valence-electron chi connectivity index (χ2n) is 6.43. The van der Waals surface area contributed by atoms with E-state index in [2.05, 4.69) is 22.1 Å². The zero-order valence-corrected chi connectivity index (χ0v) is 16.0. The molecule has 1 aliphatic heterocycles. The molecule has 134 valence electrons. The summed E-state index contributed by atoms with van der Waals surface area (Å²) in [5, 5.41) is 5.92. The fourth-order valence-corrected chi connectivity index (χ4v) is 3.99. The standard InChI is InChI=1S/C18H22ClN3O2S/c1-12-4-3-7-22(9-12)10-14-11-25-18(20-14)21-17(23)15-8-13(19)5-6-16(15)24-2/h5-6,8,11-12H,3-4,7,9-10H2,1-2H3,(H,20,21,23). The number of thiazole rings is 1. The van der Waals surface area contributed by atoms with Gasteiger partial charge in [-0.2, -0.15) is 0 Å². The van der Waals surface area contributed by atoms with E-state index in [0.29, 0.717) is 21.5 Å². The number of hydrogen-bond donors (Lipinski definition) is 1. The number of hydrogen-bond acceptors (Lipinski definition) is 5. The molecule has 25 heavy (non-hydrogen) atoms. The predicted octanol–water partition coefficient (Wildman–Crippen LogP) is 4.29. The Balaban J connectivity index is 1.65. The van der Waals surface area contributed by atoms with E-state index in [1.165, 1.54) is 31.3 Å². The van der Waals surface area contributed by atoms with E-state index in [1.54, 1.807) is 18.2 Å². The van der Waals surface area contributed by atoms with Gasteiger partial charge < -0.3 is 4.74 Å². The fourth-order valence-electron chi connectivity index (χ4n) is 3.12. The molecule has 0 spiro atoms. The van der Waals surface area contributed by atoms with Crippen molar-refractivity contribution < 1.29 is 9.53 Å². The summed E-state index contributed by atoms with van der Waals surface area (Å²) in [6, 6.07) is 4.97. The average molecular weight is 380 g/mol. The van der Waals surface area contributed by atoms with Crippen LogP contribution in [0.25, 0.3) is 0 Å². The zero-order chi connectivity index (χ0) is 17.8. The Morgan fingerprint density at radius 3 is 3.12 bits per heavy atom. The smallest absolute Gasteiger partial charge is 0.261 e. The molecule has 1 aliphatic rings. The molecule has 0 aliphatic carbocycles. The predicted molar refractivity (Wildman–Crippen MR) is 102 cm³/mol. The van der Waals surface area contributed by atoms with E-state index in [9.17, 15) is 4.79 Å². The quantitative estimate of drug-likeness (QED) is 0.841. The van der Waals surface area contributed by atoms with Crippen molar-refractivity contribution in [2.75, 3.05) is 25.5 Å². The van der Waals surface area contributed by atoms with Gasteiger partial charge in [-0.05, 0) is 43.5 Å². The Hall–Kier alpha value is -1.63. The highest BCUT2D eigenvalue weighted by Gasteiger charge is 2.18. The van der Waals surface area contributed by atoms with E-state index in [4.69, 9.17) is 16.3 Å². The average Bonchev–Trinajstić information content (AvgIpc) is 3.01. The Labute approximate surface area is 157 Å². The number of benzene rings is 1. The molecule has 0 radical (unpaired) electrons. The second kappa shape index (κ2) is 8.17. The van der Waals surface area contributed by atoms with Crippen molar-refractivity contribution in [1.29, 1.82) is 0 Å².